The number of aliphatic hydroxyl groups excluding tert-OH is 1. The van der Waals surface area contributed by atoms with Crippen LogP contribution in [0.1, 0.15) is 325 Å². The van der Waals surface area contributed by atoms with Crippen LogP contribution in [0.4, 0.5) is 0 Å². The highest BCUT2D eigenvalue weighted by molar-refractivity contribution is 7.47. The lowest BCUT2D eigenvalue weighted by Crippen LogP contribution is -2.30. The molecule has 0 aliphatic rings. The minimum atomic E-state index is -4.95. The summed E-state index contributed by atoms with van der Waals surface area (Å²) in [5, 5.41) is 10.5. The van der Waals surface area contributed by atoms with E-state index in [1.165, 1.54) is 128 Å². The Labute approximate surface area is 517 Å². The van der Waals surface area contributed by atoms with Gasteiger partial charge >= 0.3 is 39.5 Å². The fourth-order valence-corrected chi connectivity index (χ4v) is 11.4. The molecule has 0 fully saturated rings. The van der Waals surface area contributed by atoms with Crippen LogP contribution in [0.25, 0.3) is 0 Å². The molecule has 6 atom stereocenters. The number of ether oxygens (including phenoxy) is 4. The molecule has 504 valence electrons. The SMILES string of the molecule is CCCCCCCCCCCCCCCC(=O)O[C@H](COC(=O)CCCCCCCCCCC(C)CC)COP(=O)(O)OC[C@@H](O)COP(=O)(O)OC[C@@H](COC(=O)CCCCCCCCCC(C)C)OC(=O)CCCCCCCCCC(C)C. The molecular formula is C66H128O17P2. The van der Waals surface area contributed by atoms with E-state index in [2.05, 4.69) is 48.5 Å². The van der Waals surface area contributed by atoms with Crippen molar-refractivity contribution >= 4 is 39.5 Å². The molecule has 0 aromatic carbocycles. The molecule has 0 aliphatic heterocycles. The van der Waals surface area contributed by atoms with Crippen LogP contribution in [0.5, 0.6) is 0 Å². The van der Waals surface area contributed by atoms with E-state index in [0.717, 1.165) is 102 Å². The van der Waals surface area contributed by atoms with Crippen LogP contribution in [0.15, 0.2) is 0 Å². The lowest BCUT2D eigenvalue weighted by atomic mass is 9.99. The molecular weight excluding hydrogens is 1130 g/mol. The fraction of sp³-hybridized carbons (Fsp3) is 0.939. The van der Waals surface area contributed by atoms with E-state index in [1.807, 2.05) is 0 Å². The van der Waals surface area contributed by atoms with Crippen LogP contribution in [-0.2, 0) is 65.4 Å². The largest absolute Gasteiger partial charge is 0.472 e. The Morgan fingerprint density at radius 2 is 0.600 bits per heavy atom. The van der Waals surface area contributed by atoms with Gasteiger partial charge in [0, 0.05) is 25.7 Å². The molecule has 19 heteroatoms. The molecule has 0 rings (SSSR count). The van der Waals surface area contributed by atoms with Gasteiger partial charge in [-0.2, -0.15) is 0 Å². The Balaban J connectivity index is 5.26. The molecule has 3 N–H and O–H groups in total. The van der Waals surface area contributed by atoms with E-state index < -0.39 is 97.5 Å². The molecule has 0 aromatic rings. The Morgan fingerprint density at radius 1 is 0.341 bits per heavy atom. The Morgan fingerprint density at radius 3 is 0.894 bits per heavy atom. The first-order valence-electron chi connectivity index (χ1n) is 34.4. The molecule has 0 aliphatic carbocycles. The van der Waals surface area contributed by atoms with E-state index in [-0.39, 0.29) is 25.7 Å². The van der Waals surface area contributed by atoms with Gasteiger partial charge < -0.3 is 33.8 Å². The highest BCUT2D eigenvalue weighted by atomic mass is 31.2. The molecule has 0 saturated carbocycles. The van der Waals surface area contributed by atoms with E-state index in [4.69, 9.17) is 37.0 Å². The smallest absolute Gasteiger partial charge is 0.462 e. The van der Waals surface area contributed by atoms with Gasteiger partial charge in [0.2, 0.25) is 0 Å². The van der Waals surface area contributed by atoms with E-state index >= 15 is 0 Å². The van der Waals surface area contributed by atoms with Crippen molar-refractivity contribution in [1.29, 1.82) is 0 Å². The summed E-state index contributed by atoms with van der Waals surface area (Å²) in [4.78, 5) is 72.3. The maximum Gasteiger partial charge on any atom is 0.472 e. The van der Waals surface area contributed by atoms with Gasteiger partial charge in [-0.15, -0.1) is 0 Å². The number of phosphoric ester groups is 2. The van der Waals surface area contributed by atoms with E-state index in [0.29, 0.717) is 37.5 Å². The summed E-state index contributed by atoms with van der Waals surface area (Å²) in [6.07, 6.45) is 39.0. The number of aliphatic hydroxyl groups is 1. The Bertz CT molecular complexity index is 1680. The van der Waals surface area contributed by atoms with Crippen LogP contribution in [0.2, 0.25) is 0 Å². The number of rotatable bonds is 64. The van der Waals surface area contributed by atoms with Crippen LogP contribution >= 0.6 is 15.6 Å². The molecule has 0 saturated heterocycles. The Hall–Kier alpha value is -1.94. The minimum absolute atomic E-state index is 0.102. The molecule has 0 amide bonds. The lowest BCUT2D eigenvalue weighted by molar-refractivity contribution is -0.161. The number of carbonyl (C=O) groups excluding carboxylic acids is 4. The number of esters is 4. The van der Waals surface area contributed by atoms with Crippen molar-refractivity contribution in [1.82, 2.24) is 0 Å². The average Bonchev–Trinajstić information content (AvgIpc) is 3.52. The lowest BCUT2D eigenvalue weighted by Gasteiger charge is -2.21. The van der Waals surface area contributed by atoms with Crippen molar-refractivity contribution in [3.8, 4) is 0 Å². The van der Waals surface area contributed by atoms with Crippen LogP contribution < -0.4 is 0 Å². The molecule has 85 heavy (non-hydrogen) atoms. The molecule has 17 nitrogen and oxygen atoms in total. The first kappa shape index (κ1) is 83.1. The van der Waals surface area contributed by atoms with E-state index in [9.17, 15) is 43.2 Å². The number of hydrogen-bond donors (Lipinski definition) is 3. The van der Waals surface area contributed by atoms with Crippen molar-refractivity contribution in [3.63, 3.8) is 0 Å². The summed E-state index contributed by atoms with van der Waals surface area (Å²) < 4.78 is 68.1. The topological polar surface area (TPSA) is 237 Å². The van der Waals surface area contributed by atoms with Crippen LogP contribution in [0, 0.1) is 17.8 Å². The number of carbonyl (C=O) groups is 4. The minimum Gasteiger partial charge on any atom is -0.462 e. The Kier molecular flexibility index (Phi) is 55.9. The standard InChI is InChI=1S/C66H128O17P2/c1-8-10-11-12-13-14-15-16-17-18-27-35-42-49-65(70)82-61(53-76-63(68)47-40-33-26-20-19-25-32-39-46-59(7)9-2)55-80-84(72,73)78-51-60(67)52-79-85(74,75)81-56-62(83-66(71)50-43-36-29-22-24-31-38-45-58(5)6)54-77-64(69)48-41-34-28-21-23-30-37-44-57(3)4/h57-62,67H,8-56H2,1-7H3,(H,72,73)(H,74,75)/t59?,60-,61-,62-/m1/s1. The molecule has 0 spiro atoms. The molecule has 0 heterocycles. The third-order valence-corrected chi connectivity index (χ3v) is 17.4. The number of phosphoric acid groups is 2. The number of hydrogen-bond acceptors (Lipinski definition) is 15. The third kappa shape index (κ3) is 59.5. The van der Waals surface area contributed by atoms with Gasteiger partial charge in [-0.1, -0.05) is 273 Å². The number of unbranched alkanes of at least 4 members (excludes halogenated alkanes) is 31. The zero-order valence-electron chi connectivity index (χ0n) is 55.1. The van der Waals surface area contributed by atoms with Crippen molar-refractivity contribution in [2.75, 3.05) is 39.6 Å². The summed E-state index contributed by atoms with van der Waals surface area (Å²) in [6.45, 7) is 11.7. The predicted octanol–water partition coefficient (Wildman–Crippen LogP) is 18.3. The maximum absolute atomic E-state index is 13.0. The highest BCUT2D eigenvalue weighted by Crippen LogP contribution is 2.45. The summed E-state index contributed by atoms with van der Waals surface area (Å²) in [5.41, 5.74) is 0. The third-order valence-electron chi connectivity index (χ3n) is 15.5. The second-order valence-corrected chi connectivity index (χ2v) is 28.0. The first-order valence-corrected chi connectivity index (χ1v) is 37.4. The van der Waals surface area contributed by atoms with Crippen molar-refractivity contribution in [2.24, 2.45) is 17.8 Å². The van der Waals surface area contributed by atoms with Gasteiger partial charge in [-0.3, -0.25) is 37.3 Å². The first-order chi connectivity index (χ1) is 40.8. The zero-order chi connectivity index (χ0) is 63.1. The van der Waals surface area contributed by atoms with Crippen LogP contribution in [-0.4, -0.2) is 96.7 Å². The van der Waals surface area contributed by atoms with Gasteiger partial charge in [0.15, 0.2) is 12.2 Å². The summed E-state index contributed by atoms with van der Waals surface area (Å²) in [7, 11) is -9.89. The monoisotopic (exact) mass is 1250 g/mol. The van der Waals surface area contributed by atoms with Gasteiger partial charge in [0.05, 0.1) is 26.4 Å². The quantitative estimate of drug-likeness (QED) is 0.0222. The van der Waals surface area contributed by atoms with Crippen molar-refractivity contribution < 1.29 is 80.2 Å². The summed E-state index contributed by atoms with van der Waals surface area (Å²) in [5.74, 6) is 0.0441. The van der Waals surface area contributed by atoms with Gasteiger partial charge in [0.25, 0.3) is 0 Å². The highest BCUT2D eigenvalue weighted by Gasteiger charge is 2.30. The summed E-state index contributed by atoms with van der Waals surface area (Å²) in [6, 6.07) is 0. The molecule has 0 aromatic heterocycles. The van der Waals surface area contributed by atoms with Crippen molar-refractivity contribution in [2.45, 2.75) is 343 Å². The zero-order valence-corrected chi connectivity index (χ0v) is 56.9. The van der Waals surface area contributed by atoms with Crippen molar-refractivity contribution in [3.05, 3.63) is 0 Å². The second kappa shape index (κ2) is 57.2. The van der Waals surface area contributed by atoms with E-state index in [1.54, 1.807) is 0 Å². The van der Waals surface area contributed by atoms with Gasteiger partial charge in [0.1, 0.15) is 19.3 Å². The molecule has 3 unspecified atom stereocenters. The molecule has 0 bridgehead atoms. The van der Waals surface area contributed by atoms with Gasteiger partial charge in [-0.05, 0) is 43.4 Å². The normalized spacial score (nSPS) is 14.6. The van der Waals surface area contributed by atoms with Crippen LogP contribution in [0.3, 0.4) is 0 Å². The average molecular weight is 1260 g/mol. The summed E-state index contributed by atoms with van der Waals surface area (Å²) >= 11 is 0. The van der Waals surface area contributed by atoms with Gasteiger partial charge in [-0.25, -0.2) is 9.13 Å². The predicted molar refractivity (Wildman–Crippen MR) is 340 cm³/mol. The molecule has 0 radical (unpaired) electrons. The maximum atomic E-state index is 13.0. The second-order valence-electron chi connectivity index (χ2n) is 25.1. The fourth-order valence-electron chi connectivity index (χ4n) is 9.80.